The standard InChI is InChI=1S/C15H16N6O2S/c1-9-11-12(17-8-18-14(11)23-20-9)21-5-2-10(3-6-21)13(22)19-15-16-4-7-24-15/h4,7-8,10H,2-3,5-6H2,1H3,(H,16,19,22). The van der Waals surface area contributed by atoms with E-state index in [1.54, 1.807) is 6.20 Å². The van der Waals surface area contributed by atoms with Crippen LogP contribution in [0, 0.1) is 12.8 Å². The Labute approximate surface area is 141 Å². The van der Waals surface area contributed by atoms with Crippen molar-refractivity contribution in [3.05, 3.63) is 23.6 Å². The van der Waals surface area contributed by atoms with Crippen molar-refractivity contribution in [2.75, 3.05) is 23.3 Å². The number of hydrogen-bond donors (Lipinski definition) is 1. The lowest BCUT2D eigenvalue weighted by molar-refractivity contribution is -0.120. The van der Waals surface area contributed by atoms with Crippen molar-refractivity contribution in [3.8, 4) is 0 Å². The molecule has 9 heteroatoms. The number of aromatic nitrogens is 4. The molecule has 0 radical (unpaired) electrons. The van der Waals surface area contributed by atoms with E-state index < -0.39 is 0 Å². The Hall–Kier alpha value is -2.55. The Morgan fingerprint density at radius 1 is 1.33 bits per heavy atom. The Bertz CT molecular complexity index is 854. The summed E-state index contributed by atoms with van der Waals surface area (Å²) in [6.45, 7) is 3.40. The first kappa shape index (κ1) is 15.0. The molecule has 1 saturated heterocycles. The van der Waals surface area contributed by atoms with Gasteiger partial charge in [0.1, 0.15) is 17.5 Å². The smallest absolute Gasteiger partial charge is 0.263 e. The monoisotopic (exact) mass is 344 g/mol. The maximum absolute atomic E-state index is 12.3. The minimum absolute atomic E-state index is 0.00829. The van der Waals surface area contributed by atoms with Gasteiger partial charge in [0.2, 0.25) is 5.91 Å². The normalized spacial score (nSPS) is 15.8. The zero-order valence-corrected chi connectivity index (χ0v) is 13.9. The number of nitrogens with one attached hydrogen (secondary N) is 1. The molecule has 0 saturated carbocycles. The molecule has 24 heavy (non-hydrogen) atoms. The minimum atomic E-state index is -0.00829. The molecular formula is C15H16N6O2S. The van der Waals surface area contributed by atoms with Crippen molar-refractivity contribution in [2.45, 2.75) is 19.8 Å². The predicted octanol–water partition coefficient (Wildman–Crippen LogP) is 2.24. The van der Waals surface area contributed by atoms with Crippen LogP contribution in [0.3, 0.4) is 0 Å². The molecule has 4 rings (SSSR count). The van der Waals surface area contributed by atoms with E-state index in [0.29, 0.717) is 10.8 Å². The van der Waals surface area contributed by atoms with E-state index in [0.717, 1.165) is 42.8 Å². The molecule has 1 aliphatic rings. The third kappa shape index (κ3) is 2.71. The van der Waals surface area contributed by atoms with E-state index >= 15 is 0 Å². The summed E-state index contributed by atoms with van der Waals surface area (Å²) in [6, 6.07) is 0. The van der Waals surface area contributed by atoms with Crippen LogP contribution in [-0.2, 0) is 4.79 Å². The van der Waals surface area contributed by atoms with Gasteiger partial charge in [0.15, 0.2) is 5.13 Å². The number of carbonyl (C=O) groups excluding carboxylic acids is 1. The molecule has 4 heterocycles. The van der Waals surface area contributed by atoms with Crippen LogP contribution in [0.2, 0.25) is 0 Å². The molecule has 3 aromatic rings. The van der Waals surface area contributed by atoms with Crippen LogP contribution in [-0.4, -0.2) is 39.1 Å². The highest BCUT2D eigenvalue weighted by Gasteiger charge is 2.27. The number of fused-ring (bicyclic) bond motifs is 1. The summed E-state index contributed by atoms with van der Waals surface area (Å²) >= 11 is 1.43. The van der Waals surface area contributed by atoms with E-state index in [1.807, 2.05) is 12.3 Å². The molecule has 0 spiro atoms. The molecule has 0 bridgehead atoms. The fourth-order valence-electron chi connectivity index (χ4n) is 2.99. The Balaban J connectivity index is 1.46. The first-order chi connectivity index (χ1) is 11.7. The third-order valence-electron chi connectivity index (χ3n) is 4.25. The van der Waals surface area contributed by atoms with Crippen LogP contribution in [0.4, 0.5) is 10.9 Å². The summed E-state index contributed by atoms with van der Waals surface area (Å²) < 4.78 is 5.20. The second-order valence-corrected chi connectivity index (χ2v) is 6.63. The lowest BCUT2D eigenvalue weighted by atomic mass is 9.96. The van der Waals surface area contributed by atoms with Gasteiger partial charge in [-0.25, -0.2) is 9.97 Å². The zero-order chi connectivity index (χ0) is 16.5. The van der Waals surface area contributed by atoms with Crippen LogP contribution in [0.25, 0.3) is 11.1 Å². The average Bonchev–Trinajstić information content (AvgIpc) is 3.25. The number of rotatable bonds is 3. The van der Waals surface area contributed by atoms with Crippen molar-refractivity contribution < 1.29 is 9.32 Å². The SMILES string of the molecule is Cc1noc2ncnc(N3CCC(C(=O)Nc4nccs4)CC3)c12. The largest absolute Gasteiger partial charge is 0.356 e. The van der Waals surface area contributed by atoms with Crippen molar-refractivity contribution >= 4 is 39.3 Å². The fraction of sp³-hybridized carbons (Fsp3) is 0.400. The number of carbonyl (C=O) groups is 1. The van der Waals surface area contributed by atoms with Gasteiger partial charge in [-0.05, 0) is 19.8 Å². The summed E-state index contributed by atoms with van der Waals surface area (Å²) in [5.74, 6) is 0.863. The molecule has 1 fully saturated rings. The van der Waals surface area contributed by atoms with Crippen molar-refractivity contribution in [1.29, 1.82) is 0 Å². The van der Waals surface area contributed by atoms with Gasteiger partial charge in [-0.15, -0.1) is 11.3 Å². The number of nitrogens with zero attached hydrogens (tertiary/aromatic N) is 5. The van der Waals surface area contributed by atoms with Gasteiger partial charge < -0.3 is 14.7 Å². The molecule has 0 atom stereocenters. The number of aryl methyl sites for hydroxylation is 1. The molecular weight excluding hydrogens is 328 g/mol. The Kier molecular flexibility index (Phi) is 3.85. The molecule has 124 valence electrons. The Morgan fingerprint density at radius 2 is 2.17 bits per heavy atom. The van der Waals surface area contributed by atoms with E-state index in [9.17, 15) is 4.79 Å². The van der Waals surface area contributed by atoms with Crippen LogP contribution in [0.5, 0.6) is 0 Å². The topological polar surface area (TPSA) is 97.0 Å². The van der Waals surface area contributed by atoms with Crippen LogP contribution < -0.4 is 10.2 Å². The summed E-state index contributed by atoms with van der Waals surface area (Å²) in [5, 5.41) is 10.2. The van der Waals surface area contributed by atoms with Crippen LogP contribution in [0.1, 0.15) is 18.5 Å². The van der Waals surface area contributed by atoms with E-state index in [1.165, 1.54) is 17.7 Å². The lowest BCUT2D eigenvalue weighted by Crippen LogP contribution is -2.38. The van der Waals surface area contributed by atoms with Crippen LogP contribution in [0.15, 0.2) is 22.4 Å². The van der Waals surface area contributed by atoms with E-state index in [-0.39, 0.29) is 11.8 Å². The molecule has 1 aliphatic heterocycles. The first-order valence-corrected chi connectivity index (χ1v) is 8.62. The molecule has 0 aromatic carbocycles. The van der Waals surface area contributed by atoms with Crippen molar-refractivity contribution in [3.63, 3.8) is 0 Å². The maximum Gasteiger partial charge on any atom is 0.263 e. The van der Waals surface area contributed by atoms with Gasteiger partial charge in [0.05, 0.1) is 5.69 Å². The Morgan fingerprint density at radius 3 is 2.92 bits per heavy atom. The first-order valence-electron chi connectivity index (χ1n) is 7.74. The van der Waals surface area contributed by atoms with E-state index in [2.05, 4.69) is 30.3 Å². The van der Waals surface area contributed by atoms with E-state index in [4.69, 9.17) is 4.52 Å². The highest BCUT2D eigenvalue weighted by molar-refractivity contribution is 7.13. The van der Waals surface area contributed by atoms with Crippen molar-refractivity contribution in [1.82, 2.24) is 20.1 Å². The predicted molar refractivity (Wildman–Crippen MR) is 90.0 cm³/mol. The van der Waals surface area contributed by atoms with Gasteiger partial charge in [0.25, 0.3) is 5.71 Å². The van der Waals surface area contributed by atoms with Gasteiger partial charge in [-0.3, -0.25) is 4.79 Å². The summed E-state index contributed by atoms with van der Waals surface area (Å²) in [4.78, 5) is 27.1. The average molecular weight is 344 g/mol. The molecule has 1 N–H and O–H groups in total. The maximum atomic E-state index is 12.3. The van der Waals surface area contributed by atoms with Gasteiger partial charge in [-0.2, -0.15) is 4.98 Å². The number of anilines is 2. The molecule has 1 amide bonds. The number of amides is 1. The molecule has 0 unspecified atom stereocenters. The quantitative estimate of drug-likeness (QED) is 0.778. The number of thiazole rings is 1. The summed E-state index contributed by atoms with van der Waals surface area (Å²) in [6.07, 6.45) is 4.72. The van der Waals surface area contributed by atoms with Gasteiger partial charge >= 0.3 is 0 Å². The van der Waals surface area contributed by atoms with Crippen molar-refractivity contribution in [2.24, 2.45) is 5.92 Å². The zero-order valence-electron chi connectivity index (χ0n) is 13.1. The fourth-order valence-corrected chi connectivity index (χ4v) is 3.52. The number of hydrogen-bond acceptors (Lipinski definition) is 8. The second-order valence-electron chi connectivity index (χ2n) is 5.73. The summed E-state index contributed by atoms with van der Waals surface area (Å²) in [7, 11) is 0. The minimum Gasteiger partial charge on any atom is -0.356 e. The highest BCUT2D eigenvalue weighted by Crippen LogP contribution is 2.29. The second kappa shape index (κ2) is 6.16. The lowest BCUT2D eigenvalue weighted by Gasteiger charge is -2.32. The van der Waals surface area contributed by atoms with Gasteiger partial charge in [0, 0.05) is 30.6 Å². The highest BCUT2D eigenvalue weighted by atomic mass is 32.1. The van der Waals surface area contributed by atoms with Gasteiger partial charge in [-0.1, -0.05) is 5.16 Å². The third-order valence-corrected chi connectivity index (χ3v) is 4.94. The molecule has 3 aromatic heterocycles. The number of piperidine rings is 1. The van der Waals surface area contributed by atoms with Crippen LogP contribution >= 0.6 is 11.3 Å². The molecule has 8 nitrogen and oxygen atoms in total. The summed E-state index contributed by atoms with van der Waals surface area (Å²) in [5.41, 5.74) is 1.28. The molecule has 0 aliphatic carbocycles.